The average molecular weight is 174 g/mol. The summed E-state index contributed by atoms with van der Waals surface area (Å²) in [5.74, 6) is 0.775. The lowest BCUT2D eigenvalue weighted by Crippen LogP contribution is -2.11. The number of hydrogen-bond donors (Lipinski definition) is 0. The summed E-state index contributed by atoms with van der Waals surface area (Å²) in [4.78, 5) is 21.9. The largest absolute Gasteiger partial charge is 0.299 e. The normalized spacial score (nSPS) is 10.2. The van der Waals surface area contributed by atoms with Crippen molar-refractivity contribution < 1.29 is 9.59 Å². The molecule has 0 radical (unpaired) electrons. The third kappa shape index (κ3) is 5.01. The molecule has 0 aromatic heterocycles. The Morgan fingerprint density at radius 2 is 1.91 bits per heavy atom. The van der Waals surface area contributed by atoms with Crippen LogP contribution >= 0.6 is 11.8 Å². The van der Waals surface area contributed by atoms with Crippen molar-refractivity contribution in [3.05, 3.63) is 0 Å². The molecular formula is C8H14O2S. The van der Waals surface area contributed by atoms with Crippen LogP contribution in [0.5, 0.6) is 0 Å². The van der Waals surface area contributed by atoms with E-state index in [9.17, 15) is 9.59 Å². The first-order valence-electron chi connectivity index (χ1n) is 3.76. The van der Waals surface area contributed by atoms with Gasteiger partial charge in [-0.1, -0.05) is 32.5 Å². The predicted molar refractivity (Wildman–Crippen MR) is 47.6 cm³/mol. The van der Waals surface area contributed by atoms with Crippen LogP contribution in [0, 0.1) is 5.92 Å². The van der Waals surface area contributed by atoms with E-state index in [1.165, 1.54) is 11.8 Å². The third-order valence-electron chi connectivity index (χ3n) is 1.27. The highest BCUT2D eigenvalue weighted by molar-refractivity contribution is 8.13. The molecule has 0 atom stereocenters. The van der Waals surface area contributed by atoms with Gasteiger partial charge in [-0.3, -0.25) is 9.59 Å². The molecule has 0 amide bonds. The van der Waals surface area contributed by atoms with Gasteiger partial charge in [-0.15, -0.1) is 0 Å². The quantitative estimate of drug-likeness (QED) is 0.610. The van der Waals surface area contributed by atoms with Gasteiger partial charge in [0.05, 0.1) is 6.42 Å². The fourth-order valence-electron chi connectivity index (χ4n) is 0.558. The minimum absolute atomic E-state index is 0.00815. The van der Waals surface area contributed by atoms with E-state index in [1.807, 2.05) is 20.8 Å². The minimum atomic E-state index is -0.0172. The molecule has 0 aromatic rings. The van der Waals surface area contributed by atoms with Crippen LogP contribution in [0.1, 0.15) is 27.2 Å². The lowest BCUT2D eigenvalue weighted by molar-refractivity contribution is -0.125. The third-order valence-corrected chi connectivity index (χ3v) is 2.02. The maximum absolute atomic E-state index is 11.0. The van der Waals surface area contributed by atoms with Gasteiger partial charge < -0.3 is 0 Å². The molecule has 0 saturated carbocycles. The molecule has 11 heavy (non-hydrogen) atoms. The molecule has 64 valence electrons. The second-order valence-electron chi connectivity index (χ2n) is 2.60. The summed E-state index contributed by atoms with van der Waals surface area (Å²) in [6.45, 7) is 5.53. The monoisotopic (exact) mass is 174 g/mol. The number of ketones is 1. The van der Waals surface area contributed by atoms with Gasteiger partial charge in [0.2, 0.25) is 0 Å². The molecule has 2 nitrogen and oxygen atoms in total. The molecule has 0 heterocycles. The molecular weight excluding hydrogens is 160 g/mol. The standard InChI is InChI=1S/C8H14O2S/c1-4-11-8(10)5-7(9)6(2)3/h6H,4-5H2,1-3H3. The maximum atomic E-state index is 11.0. The van der Waals surface area contributed by atoms with Gasteiger partial charge in [0.25, 0.3) is 0 Å². The molecule has 3 heteroatoms. The molecule has 0 aliphatic heterocycles. The van der Waals surface area contributed by atoms with E-state index in [-0.39, 0.29) is 23.2 Å². The van der Waals surface area contributed by atoms with E-state index in [0.717, 1.165) is 5.75 Å². The van der Waals surface area contributed by atoms with Crippen LogP contribution in [0.4, 0.5) is 0 Å². The molecule has 0 unspecified atom stereocenters. The second kappa shape index (κ2) is 5.35. The van der Waals surface area contributed by atoms with Gasteiger partial charge >= 0.3 is 0 Å². The Morgan fingerprint density at radius 1 is 1.36 bits per heavy atom. The number of carbonyl (C=O) groups excluding carboxylic acids is 2. The number of thioether (sulfide) groups is 1. The lowest BCUT2D eigenvalue weighted by Gasteiger charge is -2.00. The fourth-order valence-corrected chi connectivity index (χ4v) is 1.12. The van der Waals surface area contributed by atoms with Crippen LogP contribution < -0.4 is 0 Å². The zero-order chi connectivity index (χ0) is 8.85. The first-order chi connectivity index (χ1) is 5.07. The molecule has 0 fully saturated rings. The summed E-state index contributed by atoms with van der Waals surface area (Å²) in [5, 5.41) is -0.00815. The number of rotatable bonds is 4. The molecule has 0 aliphatic rings. The smallest absolute Gasteiger partial charge is 0.196 e. The van der Waals surface area contributed by atoms with Crippen LogP contribution in [-0.4, -0.2) is 16.7 Å². The van der Waals surface area contributed by atoms with E-state index >= 15 is 0 Å². The number of carbonyl (C=O) groups is 2. The minimum Gasteiger partial charge on any atom is -0.299 e. The summed E-state index contributed by atoms with van der Waals surface area (Å²) in [7, 11) is 0. The highest BCUT2D eigenvalue weighted by Crippen LogP contribution is 2.08. The zero-order valence-corrected chi connectivity index (χ0v) is 8.03. The predicted octanol–water partition coefficient (Wildman–Crippen LogP) is 1.88. The Bertz CT molecular complexity index is 152. The van der Waals surface area contributed by atoms with Crippen molar-refractivity contribution >= 4 is 22.7 Å². The molecule has 0 rings (SSSR count). The van der Waals surface area contributed by atoms with E-state index in [2.05, 4.69) is 0 Å². The average Bonchev–Trinajstić information content (AvgIpc) is 1.87. The van der Waals surface area contributed by atoms with Crippen molar-refractivity contribution in [3.8, 4) is 0 Å². The molecule has 0 saturated heterocycles. The summed E-state index contributed by atoms with van der Waals surface area (Å²) in [5.41, 5.74) is 0. The highest BCUT2D eigenvalue weighted by atomic mass is 32.2. The first kappa shape index (κ1) is 10.7. The van der Waals surface area contributed by atoms with Crippen LogP contribution in [0.15, 0.2) is 0 Å². The van der Waals surface area contributed by atoms with Crippen molar-refractivity contribution in [2.45, 2.75) is 27.2 Å². The van der Waals surface area contributed by atoms with Gasteiger partial charge in [-0.25, -0.2) is 0 Å². The van der Waals surface area contributed by atoms with Crippen molar-refractivity contribution in [1.29, 1.82) is 0 Å². The second-order valence-corrected chi connectivity index (χ2v) is 3.92. The molecule has 0 spiro atoms. The molecule has 0 bridgehead atoms. The number of Topliss-reactive ketones (excluding diaryl/α,β-unsaturated/α-hetero) is 1. The van der Waals surface area contributed by atoms with E-state index in [1.54, 1.807) is 0 Å². The summed E-state index contributed by atoms with van der Waals surface area (Å²) < 4.78 is 0. The molecule has 0 aromatic carbocycles. The fraction of sp³-hybridized carbons (Fsp3) is 0.750. The highest BCUT2D eigenvalue weighted by Gasteiger charge is 2.11. The van der Waals surface area contributed by atoms with Crippen LogP contribution in [0.2, 0.25) is 0 Å². The lowest BCUT2D eigenvalue weighted by atomic mass is 10.1. The SMILES string of the molecule is CCSC(=O)CC(=O)C(C)C. The first-order valence-corrected chi connectivity index (χ1v) is 4.74. The number of hydrogen-bond acceptors (Lipinski definition) is 3. The van der Waals surface area contributed by atoms with Gasteiger partial charge in [0.1, 0.15) is 5.78 Å². The van der Waals surface area contributed by atoms with Crippen molar-refractivity contribution in [2.75, 3.05) is 5.75 Å². The van der Waals surface area contributed by atoms with E-state index < -0.39 is 0 Å². The van der Waals surface area contributed by atoms with Crippen LogP contribution in [0.25, 0.3) is 0 Å². The van der Waals surface area contributed by atoms with Gasteiger partial charge in [-0.05, 0) is 5.75 Å². The van der Waals surface area contributed by atoms with Crippen LogP contribution in [0.3, 0.4) is 0 Å². The van der Waals surface area contributed by atoms with Crippen molar-refractivity contribution in [2.24, 2.45) is 5.92 Å². The van der Waals surface area contributed by atoms with Gasteiger partial charge in [0, 0.05) is 5.92 Å². The molecule has 0 aliphatic carbocycles. The Kier molecular flexibility index (Phi) is 5.20. The summed E-state index contributed by atoms with van der Waals surface area (Å²) in [6, 6.07) is 0. The van der Waals surface area contributed by atoms with Crippen LogP contribution in [-0.2, 0) is 9.59 Å². The molecule has 0 N–H and O–H groups in total. The van der Waals surface area contributed by atoms with Gasteiger partial charge in [0.15, 0.2) is 5.12 Å². The Hall–Kier alpha value is -0.310. The topological polar surface area (TPSA) is 34.1 Å². The zero-order valence-electron chi connectivity index (χ0n) is 7.22. The van der Waals surface area contributed by atoms with E-state index in [0.29, 0.717) is 0 Å². The summed E-state index contributed by atoms with van der Waals surface area (Å²) >= 11 is 1.22. The Labute approximate surface area is 71.7 Å². The maximum Gasteiger partial charge on any atom is 0.196 e. The van der Waals surface area contributed by atoms with Crippen molar-refractivity contribution in [1.82, 2.24) is 0 Å². The van der Waals surface area contributed by atoms with Gasteiger partial charge in [-0.2, -0.15) is 0 Å². The Morgan fingerprint density at radius 3 is 2.27 bits per heavy atom. The summed E-state index contributed by atoms with van der Waals surface area (Å²) in [6.07, 6.45) is 0.0934. The Balaban J connectivity index is 3.67. The van der Waals surface area contributed by atoms with Crippen molar-refractivity contribution in [3.63, 3.8) is 0 Å². The van der Waals surface area contributed by atoms with E-state index in [4.69, 9.17) is 0 Å².